The number of halogens is 3. The van der Waals surface area contributed by atoms with Gasteiger partial charge in [0.25, 0.3) is 0 Å². The number of carbonyl (C=O) groups is 1. The van der Waals surface area contributed by atoms with Crippen LogP contribution in [-0.4, -0.2) is 84.0 Å². The van der Waals surface area contributed by atoms with Crippen LogP contribution in [0.4, 0.5) is 14.6 Å². The maximum Gasteiger partial charge on any atom is 0.350 e. The lowest BCUT2D eigenvalue weighted by Crippen LogP contribution is -2.58. The van der Waals surface area contributed by atoms with Gasteiger partial charge in [-0.2, -0.15) is 4.98 Å². The van der Waals surface area contributed by atoms with Crippen molar-refractivity contribution >= 4 is 46.0 Å². The molecule has 2 aromatic heterocycles. The molecule has 7 rings (SSSR count). The van der Waals surface area contributed by atoms with Crippen LogP contribution in [-0.2, 0) is 17.9 Å². The van der Waals surface area contributed by atoms with Crippen LogP contribution in [0.25, 0.3) is 22.0 Å². The SMILES string of the molecule is C=CC(=O)N1C[C@H](C)N(c2nc(=O)n3c4c(c(-c5ccc(F)cc5F)c(Cl)cc24)SC[C@@H]3CN2CCn3c(C)nnc3C2)C[C@H]1C. The number of hydrogen-bond donors (Lipinski definition) is 0. The van der Waals surface area contributed by atoms with Crippen molar-refractivity contribution in [1.29, 1.82) is 0 Å². The van der Waals surface area contributed by atoms with Gasteiger partial charge in [0.05, 0.1) is 23.1 Å². The van der Waals surface area contributed by atoms with Gasteiger partial charge >= 0.3 is 5.69 Å². The predicted octanol–water partition coefficient (Wildman–Crippen LogP) is 4.67. The molecule has 1 amide bonds. The third kappa shape index (κ3) is 5.08. The number of piperazine rings is 1. The minimum absolute atomic E-state index is 0.150. The van der Waals surface area contributed by atoms with E-state index < -0.39 is 17.3 Å². The maximum absolute atomic E-state index is 15.3. The fourth-order valence-corrected chi connectivity index (χ4v) is 8.69. The van der Waals surface area contributed by atoms with Crippen molar-refractivity contribution in [3.63, 3.8) is 0 Å². The summed E-state index contributed by atoms with van der Waals surface area (Å²) in [6, 6.07) is 4.60. The standard InChI is InChI=1S/C32H33ClF2N8O2S/c1-5-27(44)41-12-18(3)42(13-17(41)2)31-23-11-24(33)28(22-7-6-20(34)10-25(22)35)30-29(23)43(32(45)36-31)21(16-46-30)14-39-8-9-40-19(4)37-38-26(40)15-39/h5-7,10-11,17-18,21H,1,8-9,12-16H2,2-4H3/t17-,18+,21+/m1/s1. The first kappa shape index (κ1) is 30.8. The Balaban J connectivity index is 1.37. The Morgan fingerprint density at radius 2 is 1.96 bits per heavy atom. The monoisotopic (exact) mass is 666 g/mol. The molecule has 0 N–H and O–H groups in total. The van der Waals surface area contributed by atoms with E-state index in [4.69, 9.17) is 11.6 Å². The molecule has 10 nitrogen and oxygen atoms in total. The molecule has 3 aliphatic heterocycles. The minimum Gasteiger partial charge on any atom is -0.349 e. The highest BCUT2D eigenvalue weighted by molar-refractivity contribution is 7.99. The summed E-state index contributed by atoms with van der Waals surface area (Å²) >= 11 is 8.47. The fourth-order valence-electron chi connectivity index (χ4n) is 7.01. The molecule has 1 saturated heterocycles. The summed E-state index contributed by atoms with van der Waals surface area (Å²) in [4.78, 5) is 38.1. The quantitative estimate of drug-likeness (QED) is 0.284. The van der Waals surface area contributed by atoms with Crippen LogP contribution in [0.3, 0.4) is 0 Å². The number of amides is 1. The lowest BCUT2D eigenvalue weighted by atomic mass is 10.0. The number of fused-ring (bicyclic) bond motifs is 1. The summed E-state index contributed by atoms with van der Waals surface area (Å²) < 4.78 is 33.1. The third-order valence-electron chi connectivity index (χ3n) is 9.28. The van der Waals surface area contributed by atoms with Crippen molar-refractivity contribution in [3.8, 4) is 11.1 Å². The molecule has 2 aromatic carbocycles. The van der Waals surface area contributed by atoms with Gasteiger partial charge < -0.3 is 14.4 Å². The number of rotatable bonds is 5. The highest BCUT2D eigenvalue weighted by atomic mass is 35.5. The number of benzene rings is 2. The molecule has 4 aromatic rings. The predicted molar refractivity (Wildman–Crippen MR) is 174 cm³/mol. The minimum atomic E-state index is -0.735. The molecular formula is C32H33ClF2N8O2S. The van der Waals surface area contributed by atoms with Crippen molar-refractivity contribution in [2.75, 3.05) is 36.8 Å². The average Bonchev–Trinajstić information content (AvgIpc) is 3.40. The first-order valence-corrected chi connectivity index (χ1v) is 16.6. The van der Waals surface area contributed by atoms with Gasteiger partial charge in [-0.3, -0.25) is 14.3 Å². The van der Waals surface area contributed by atoms with Crippen LogP contribution >= 0.6 is 23.4 Å². The van der Waals surface area contributed by atoms with Crippen molar-refractivity contribution in [3.05, 3.63) is 75.7 Å². The van der Waals surface area contributed by atoms with E-state index in [9.17, 15) is 14.0 Å². The first-order valence-electron chi connectivity index (χ1n) is 15.2. The summed E-state index contributed by atoms with van der Waals surface area (Å²) in [5, 5.41) is 9.49. The summed E-state index contributed by atoms with van der Waals surface area (Å²) in [5.74, 6) is 1.19. The molecule has 0 aliphatic carbocycles. The number of nitrogens with zero attached hydrogens (tertiary/aromatic N) is 8. The van der Waals surface area contributed by atoms with Gasteiger partial charge in [0.2, 0.25) is 5.91 Å². The second kappa shape index (κ2) is 11.8. The Morgan fingerprint density at radius 3 is 2.72 bits per heavy atom. The lowest BCUT2D eigenvalue weighted by molar-refractivity contribution is -0.128. The Kier molecular flexibility index (Phi) is 7.89. The number of carbonyl (C=O) groups excluding carboxylic acids is 1. The van der Waals surface area contributed by atoms with Crippen molar-refractivity contribution in [2.24, 2.45) is 0 Å². The number of thioether (sulfide) groups is 1. The maximum atomic E-state index is 15.3. The van der Waals surface area contributed by atoms with E-state index in [2.05, 4.69) is 31.2 Å². The van der Waals surface area contributed by atoms with Gasteiger partial charge in [-0.05, 0) is 45.0 Å². The molecule has 0 unspecified atom stereocenters. The van der Waals surface area contributed by atoms with Crippen molar-refractivity contribution < 1.29 is 13.6 Å². The van der Waals surface area contributed by atoms with Gasteiger partial charge in [-0.15, -0.1) is 22.0 Å². The van der Waals surface area contributed by atoms with Crippen LogP contribution in [0.1, 0.15) is 31.5 Å². The van der Waals surface area contributed by atoms with E-state index in [1.165, 1.54) is 30.0 Å². The van der Waals surface area contributed by atoms with E-state index >= 15 is 4.39 Å². The molecule has 46 heavy (non-hydrogen) atoms. The van der Waals surface area contributed by atoms with Crippen LogP contribution in [0, 0.1) is 18.6 Å². The van der Waals surface area contributed by atoms with E-state index in [1.807, 2.05) is 25.7 Å². The lowest BCUT2D eigenvalue weighted by Gasteiger charge is -2.45. The summed E-state index contributed by atoms with van der Waals surface area (Å²) in [7, 11) is 0. The summed E-state index contributed by atoms with van der Waals surface area (Å²) in [6.07, 6.45) is 1.31. The molecule has 14 heteroatoms. The van der Waals surface area contributed by atoms with Crippen molar-refractivity contribution in [2.45, 2.75) is 56.9 Å². The molecule has 0 radical (unpaired) electrons. The zero-order valence-corrected chi connectivity index (χ0v) is 27.3. The average molecular weight is 667 g/mol. The normalized spacial score (nSPS) is 21.5. The van der Waals surface area contributed by atoms with Gasteiger partial charge in [0, 0.05) is 78.0 Å². The molecule has 240 valence electrons. The summed E-state index contributed by atoms with van der Waals surface area (Å²) in [6.45, 7) is 13.1. The topological polar surface area (TPSA) is 92.4 Å². The summed E-state index contributed by atoms with van der Waals surface area (Å²) in [5.41, 5.74) is 0.794. The molecule has 3 atom stereocenters. The van der Waals surface area contributed by atoms with E-state index in [0.717, 1.165) is 30.8 Å². The molecule has 0 bridgehead atoms. The fraction of sp³-hybridized carbons (Fsp3) is 0.406. The number of aryl methyl sites for hydroxylation is 1. The third-order valence-corrected chi connectivity index (χ3v) is 10.8. The van der Waals surface area contributed by atoms with Crippen LogP contribution in [0.5, 0.6) is 0 Å². The Hall–Kier alpha value is -3.81. The van der Waals surface area contributed by atoms with E-state index in [1.54, 1.807) is 15.5 Å². The number of hydrogen-bond acceptors (Lipinski definition) is 8. The molecule has 5 heterocycles. The highest BCUT2D eigenvalue weighted by Crippen LogP contribution is 2.48. The Labute approximate surface area is 273 Å². The largest absolute Gasteiger partial charge is 0.350 e. The van der Waals surface area contributed by atoms with Gasteiger partial charge in [0.1, 0.15) is 29.1 Å². The molecule has 0 spiro atoms. The zero-order chi connectivity index (χ0) is 32.4. The number of aromatic nitrogens is 5. The zero-order valence-electron chi connectivity index (χ0n) is 25.7. The van der Waals surface area contributed by atoms with Crippen LogP contribution in [0.2, 0.25) is 5.02 Å². The molecule has 0 saturated carbocycles. The number of anilines is 1. The van der Waals surface area contributed by atoms with Crippen LogP contribution in [0.15, 0.2) is 46.6 Å². The van der Waals surface area contributed by atoms with Gasteiger partial charge in [0.15, 0.2) is 0 Å². The second-order valence-electron chi connectivity index (χ2n) is 12.2. The smallest absolute Gasteiger partial charge is 0.349 e. The van der Waals surface area contributed by atoms with Gasteiger partial charge in [-0.1, -0.05) is 18.2 Å². The molecular weight excluding hydrogens is 634 g/mol. The highest BCUT2D eigenvalue weighted by Gasteiger charge is 2.36. The molecule has 1 fully saturated rings. The van der Waals surface area contributed by atoms with E-state index in [0.29, 0.717) is 59.1 Å². The Morgan fingerprint density at radius 1 is 1.15 bits per heavy atom. The van der Waals surface area contributed by atoms with Crippen LogP contribution < -0.4 is 10.6 Å². The second-order valence-corrected chi connectivity index (χ2v) is 13.7. The van der Waals surface area contributed by atoms with E-state index in [-0.39, 0.29) is 34.6 Å². The van der Waals surface area contributed by atoms with Crippen molar-refractivity contribution in [1.82, 2.24) is 34.1 Å². The van der Waals surface area contributed by atoms with Gasteiger partial charge in [-0.25, -0.2) is 13.6 Å². The first-order chi connectivity index (χ1) is 22.0. The Bertz CT molecular complexity index is 1960. The molecule has 3 aliphatic rings.